The molecule has 0 radical (unpaired) electrons. The normalized spacial score (nSPS) is 13.7. The minimum absolute atomic E-state index is 0.144. The van der Waals surface area contributed by atoms with Crippen LogP contribution in [0.4, 0.5) is 0 Å². The minimum atomic E-state index is -0.144. The molecular weight excluding hydrogens is 512 g/mol. The van der Waals surface area contributed by atoms with Gasteiger partial charge in [-0.15, -0.1) is 0 Å². The molecule has 0 saturated carbocycles. The molecule has 0 unspecified atom stereocenters. The highest BCUT2D eigenvalue weighted by atomic mass is 16.3. The first kappa shape index (κ1) is 23.4. The third kappa shape index (κ3) is 3.16. The molecule has 2 heterocycles. The number of fused-ring (bicyclic) bond motifs is 10. The molecule has 1 aliphatic rings. The van der Waals surface area contributed by atoms with Crippen molar-refractivity contribution in [3.8, 4) is 33.8 Å². The van der Waals surface area contributed by atoms with E-state index in [2.05, 4.69) is 129 Å². The van der Waals surface area contributed by atoms with Crippen LogP contribution in [0, 0.1) is 0 Å². The summed E-state index contributed by atoms with van der Waals surface area (Å²) in [7, 11) is 0. The molecule has 42 heavy (non-hydrogen) atoms. The highest BCUT2D eigenvalue weighted by molar-refractivity contribution is 6.11. The maximum absolute atomic E-state index is 6.74. The van der Waals surface area contributed by atoms with Gasteiger partial charge in [0, 0.05) is 43.7 Å². The minimum Gasteiger partial charge on any atom is -0.456 e. The number of nitrogens with zero attached hydrogens (tertiary/aromatic N) is 2. The van der Waals surface area contributed by atoms with Crippen LogP contribution in [0.5, 0.6) is 0 Å². The molecule has 0 bridgehead atoms. The Bertz CT molecular complexity index is 2380. The smallest absolute Gasteiger partial charge is 0.160 e. The van der Waals surface area contributed by atoms with E-state index >= 15 is 0 Å². The summed E-state index contributed by atoms with van der Waals surface area (Å²) in [5.74, 6) is 0.693. The molecule has 8 aromatic rings. The predicted octanol–water partition coefficient (Wildman–Crippen LogP) is 10.3. The molecule has 3 nitrogen and oxygen atoms in total. The summed E-state index contributed by atoms with van der Waals surface area (Å²) in [5.41, 5.74) is 10.7. The van der Waals surface area contributed by atoms with Crippen molar-refractivity contribution in [3.05, 3.63) is 132 Å². The average molecular weight is 539 g/mol. The molecule has 0 fully saturated rings. The quantitative estimate of drug-likeness (QED) is 0.206. The molecule has 0 amide bonds. The van der Waals surface area contributed by atoms with Crippen LogP contribution < -0.4 is 0 Å². The third-order valence-corrected chi connectivity index (χ3v) is 9.05. The monoisotopic (exact) mass is 538 g/mol. The molecule has 9 rings (SSSR count). The van der Waals surface area contributed by atoms with Gasteiger partial charge in [-0.1, -0.05) is 111 Å². The Balaban J connectivity index is 1.29. The second kappa shape index (κ2) is 8.37. The number of hydrogen-bond donors (Lipinski definition) is 0. The van der Waals surface area contributed by atoms with Crippen LogP contribution in [0.3, 0.4) is 0 Å². The molecule has 0 N–H and O–H groups in total. The lowest BCUT2D eigenvalue weighted by Crippen LogP contribution is -2.15. The van der Waals surface area contributed by atoms with Crippen LogP contribution in [0.1, 0.15) is 25.0 Å². The van der Waals surface area contributed by atoms with Gasteiger partial charge in [0.2, 0.25) is 0 Å². The lowest BCUT2D eigenvalue weighted by atomic mass is 9.82. The number of furan rings is 1. The summed E-state index contributed by atoms with van der Waals surface area (Å²) < 4.78 is 6.74. The molecule has 0 saturated heterocycles. The number of hydrogen-bond acceptors (Lipinski definition) is 3. The van der Waals surface area contributed by atoms with Gasteiger partial charge >= 0.3 is 0 Å². The van der Waals surface area contributed by atoms with E-state index < -0.39 is 0 Å². The van der Waals surface area contributed by atoms with Crippen LogP contribution in [0.25, 0.3) is 77.4 Å². The van der Waals surface area contributed by atoms with Gasteiger partial charge in [-0.05, 0) is 46.3 Å². The average Bonchev–Trinajstić information content (AvgIpc) is 3.52. The Morgan fingerprint density at radius 1 is 0.571 bits per heavy atom. The van der Waals surface area contributed by atoms with Crippen molar-refractivity contribution in [3.63, 3.8) is 0 Å². The number of aromatic nitrogens is 2. The van der Waals surface area contributed by atoms with Crippen molar-refractivity contribution in [2.24, 2.45) is 0 Å². The van der Waals surface area contributed by atoms with Crippen molar-refractivity contribution in [1.29, 1.82) is 0 Å². The Hall–Kier alpha value is -5.28. The largest absolute Gasteiger partial charge is 0.456 e. The highest BCUT2D eigenvalue weighted by Crippen LogP contribution is 2.52. The van der Waals surface area contributed by atoms with Gasteiger partial charge in [0.05, 0.1) is 11.2 Å². The molecule has 6 aromatic carbocycles. The Morgan fingerprint density at radius 2 is 1.33 bits per heavy atom. The van der Waals surface area contributed by atoms with Crippen LogP contribution >= 0.6 is 0 Å². The van der Waals surface area contributed by atoms with Crippen LogP contribution in [-0.2, 0) is 5.41 Å². The molecule has 3 heteroatoms. The first-order valence-corrected chi connectivity index (χ1v) is 14.4. The zero-order chi connectivity index (χ0) is 28.0. The second-order valence-electron chi connectivity index (χ2n) is 11.8. The fourth-order valence-corrected chi connectivity index (χ4v) is 7.03. The van der Waals surface area contributed by atoms with E-state index in [1.54, 1.807) is 0 Å². The van der Waals surface area contributed by atoms with Crippen molar-refractivity contribution < 1.29 is 4.42 Å². The lowest BCUT2D eigenvalue weighted by molar-refractivity contribution is 0.620. The Kier molecular flexibility index (Phi) is 4.67. The molecule has 0 atom stereocenters. The van der Waals surface area contributed by atoms with Gasteiger partial charge in [-0.3, -0.25) is 0 Å². The van der Waals surface area contributed by atoms with E-state index in [1.807, 2.05) is 6.07 Å². The van der Waals surface area contributed by atoms with Crippen LogP contribution in [-0.4, -0.2) is 9.97 Å². The Morgan fingerprint density at radius 3 is 2.24 bits per heavy atom. The summed E-state index contributed by atoms with van der Waals surface area (Å²) in [5, 5.41) is 5.59. The molecule has 2 aromatic heterocycles. The van der Waals surface area contributed by atoms with Gasteiger partial charge in [0.1, 0.15) is 11.2 Å². The summed E-state index contributed by atoms with van der Waals surface area (Å²) in [4.78, 5) is 10.3. The van der Waals surface area contributed by atoms with E-state index in [4.69, 9.17) is 14.4 Å². The summed E-state index contributed by atoms with van der Waals surface area (Å²) in [6, 6.07) is 42.7. The van der Waals surface area contributed by atoms with Gasteiger partial charge in [-0.25, -0.2) is 9.97 Å². The number of benzene rings is 6. The summed E-state index contributed by atoms with van der Waals surface area (Å²) >= 11 is 0. The predicted molar refractivity (Wildman–Crippen MR) is 173 cm³/mol. The van der Waals surface area contributed by atoms with Gasteiger partial charge in [-0.2, -0.15) is 0 Å². The van der Waals surface area contributed by atoms with Crippen molar-refractivity contribution in [2.75, 3.05) is 0 Å². The topological polar surface area (TPSA) is 38.9 Å². The van der Waals surface area contributed by atoms with Crippen LogP contribution in [0.15, 0.2) is 126 Å². The second-order valence-corrected chi connectivity index (χ2v) is 11.8. The van der Waals surface area contributed by atoms with Crippen LogP contribution in [0.2, 0.25) is 0 Å². The van der Waals surface area contributed by atoms with E-state index in [0.29, 0.717) is 5.82 Å². The fraction of sp³-hybridized carbons (Fsp3) is 0.0769. The van der Waals surface area contributed by atoms with Crippen molar-refractivity contribution in [1.82, 2.24) is 9.97 Å². The maximum Gasteiger partial charge on any atom is 0.160 e. The van der Waals surface area contributed by atoms with E-state index in [-0.39, 0.29) is 5.41 Å². The standard InChI is InChI=1S/C39H26N2O/c1-39(2)32-15-9-8-14-27(32)29-20-21-30-28-18-17-25(22-33(28)42-37(30)34(29)39)38-40-35(24-11-4-3-5-12-24)31-19-16-23-10-6-7-13-26(23)36(31)41-38/h3-22H,1-2H3. The highest BCUT2D eigenvalue weighted by Gasteiger charge is 2.38. The summed E-state index contributed by atoms with van der Waals surface area (Å²) in [6.07, 6.45) is 0. The maximum atomic E-state index is 6.74. The molecule has 0 aliphatic heterocycles. The molecule has 1 aliphatic carbocycles. The van der Waals surface area contributed by atoms with E-state index in [0.717, 1.165) is 55.0 Å². The van der Waals surface area contributed by atoms with Gasteiger partial charge in [0.25, 0.3) is 0 Å². The zero-order valence-electron chi connectivity index (χ0n) is 23.3. The Labute approximate surface area is 243 Å². The lowest BCUT2D eigenvalue weighted by Gasteiger charge is -2.21. The number of rotatable bonds is 2. The molecule has 198 valence electrons. The fourth-order valence-electron chi connectivity index (χ4n) is 7.03. The van der Waals surface area contributed by atoms with E-state index in [9.17, 15) is 0 Å². The van der Waals surface area contributed by atoms with E-state index in [1.165, 1.54) is 27.6 Å². The zero-order valence-corrected chi connectivity index (χ0v) is 23.3. The van der Waals surface area contributed by atoms with Crippen molar-refractivity contribution >= 4 is 43.6 Å². The van der Waals surface area contributed by atoms with Gasteiger partial charge < -0.3 is 4.42 Å². The molecular formula is C39H26N2O. The SMILES string of the molecule is CC1(C)c2ccccc2-c2ccc3c(oc4cc(-c5nc(-c6ccccc6)c6ccc7ccccc7c6n5)ccc43)c21. The summed E-state index contributed by atoms with van der Waals surface area (Å²) in [6.45, 7) is 4.60. The van der Waals surface area contributed by atoms with Crippen molar-refractivity contribution in [2.45, 2.75) is 19.3 Å². The van der Waals surface area contributed by atoms with Gasteiger partial charge in [0.15, 0.2) is 5.82 Å². The molecule has 0 spiro atoms. The first-order valence-electron chi connectivity index (χ1n) is 14.4. The first-order chi connectivity index (χ1) is 20.6. The third-order valence-electron chi connectivity index (χ3n) is 9.05.